The molecule has 1 aromatic rings. The van der Waals surface area contributed by atoms with Crippen molar-refractivity contribution in [1.29, 1.82) is 0 Å². The van der Waals surface area contributed by atoms with Gasteiger partial charge in [0.25, 0.3) is 0 Å². The Hall–Kier alpha value is -1.91. The predicted molar refractivity (Wildman–Crippen MR) is 123 cm³/mol. The zero-order chi connectivity index (χ0) is 20.5. The number of aliphatic imine (C=N–C) groups is 1. The van der Waals surface area contributed by atoms with Crippen molar-refractivity contribution in [2.24, 2.45) is 16.6 Å². The molecule has 1 aliphatic heterocycles. The number of carbonyl (C=O) groups is 2. The van der Waals surface area contributed by atoms with Crippen LogP contribution in [0.15, 0.2) is 29.3 Å². The van der Waals surface area contributed by atoms with Crippen molar-refractivity contribution in [2.75, 3.05) is 26.2 Å². The smallest absolute Gasteiger partial charge is 0.222 e. The highest BCUT2D eigenvalue weighted by molar-refractivity contribution is 14.0. The maximum atomic E-state index is 13.1. The van der Waals surface area contributed by atoms with E-state index in [2.05, 4.69) is 15.6 Å². The normalized spacial score (nSPS) is 17.4. The highest BCUT2D eigenvalue weighted by atomic mass is 127. The Labute approximate surface area is 188 Å². The van der Waals surface area contributed by atoms with Crippen molar-refractivity contribution in [3.8, 4) is 0 Å². The topological polar surface area (TPSA) is 99.8 Å². The second-order valence-electron chi connectivity index (χ2n) is 6.97. The van der Waals surface area contributed by atoms with Crippen LogP contribution in [0.1, 0.15) is 32.3 Å². The molecule has 7 nitrogen and oxygen atoms in total. The summed E-state index contributed by atoms with van der Waals surface area (Å²) in [6.45, 7) is 6.11. The summed E-state index contributed by atoms with van der Waals surface area (Å²) in [5.74, 6) is -0.488. The summed E-state index contributed by atoms with van der Waals surface area (Å²) in [7, 11) is 0. The first-order chi connectivity index (χ1) is 13.4. The largest absolute Gasteiger partial charge is 0.369 e. The van der Waals surface area contributed by atoms with Gasteiger partial charge in [-0.25, -0.2) is 4.39 Å². The third-order valence-corrected chi connectivity index (χ3v) is 4.80. The molecule has 9 heteroatoms. The van der Waals surface area contributed by atoms with E-state index in [0.717, 1.165) is 18.5 Å². The summed E-state index contributed by atoms with van der Waals surface area (Å²) >= 11 is 0. The van der Waals surface area contributed by atoms with E-state index in [9.17, 15) is 14.0 Å². The number of amides is 2. The molecule has 1 fully saturated rings. The second kappa shape index (κ2) is 12.6. The number of guanidine groups is 1. The first-order valence-electron chi connectivity index (χ1n) is 9.79. The molecule has 29 heavy (non-hydrogen) atoms. The molecule has 0 aromatic heterocycles. The van der Waals surface area contributed by atoms with Gasteiger partial charge in [0, 0.05) is 32.1 Å². The Bertz CT molecular complexity index is 699. The van der Waals surface area contributed by atoms with Crippen LogP contribution in [0.4, 0.5) is 4.39 Å². The number of benzene rings is 1. The summed E-state index contributed by atoms with van der Waals surface area (Å²) in [5, 5.41) is 6.50. The third kappa shape index (κ3) is 8.15. The van der Waals surface area contributed by atoms with E-state index in [1.54, 1.807) is 12.1 Å². The van der Waals surface area contributed by atoms with Gasteiger partial charge in [-0.3, -0.25) is 14.6 Å². The number of carbonyl (C=O) groups excluding carboxylic acids is 2. The molecule has 0 radical (unpaired) electrons. The lowest BCUT2D eigenvalue weighted by molar-refractivity contribution is -0.129. The Kier molecular flexibility index (Phi) is 10.9. The SMILES string of the molecule is CCNC(=NCC(Cc1ccc(F)cc1)C(N)=O)NC1CCN(C(=O)CC)C1.I. The summed E-state index contributed by atoms with van der Waals surface area (Å²) < 4.78 is 13.1. The molecule has 1 aliphatic rings. The first kappa shape index (κ1) is 25.1. The number of likely N-dealkylation sites (tertiary alicyclic amines) is 1. The number of hydrogen-bond acceptors (Lipinski definition) is 3. The number of nitrogens with two attached hydrogens (primary N) is 1. The van der Waals surface area contributed by atoms with Crippen LogP contribution < -0.4 is 16.4 Å². The van der Waals surface area contributed by atoms with Crippen molar-refractivity contribution in [2.45, 2.75) is 39.2 Å². The molecule has 2 amide bonds. The van der Waals surface area contributed by atoms with Gasteiger partial charge >= 0.3 is 0 Å². The Balaban J connectivity index is 0.00000420. The van der Waals surface area contributed by atoms with Crippen LogP contribution in [0.3, 0.4) is 0 Å². The monoisotopic (exact) mass is 519 g/mol. The molecule has 0 saturated carbocycles. The molecule has 0 bridgehead atoms. The molecule has 1 aromatic carbocycles. The molecule has 1 heterocycles. The maximum absolute atomic E-state index is 13.1. The van der Waals surface area contributed by atoms with Gasteiger partial charge in [0.1, 0.15) is 5.82 Å². The predicted octanol–water partition coefficient (Wildman–Crippen LogP) is 1.65. The van der Waals surface area contributed by atoms with Crippen LogP contribution in [0, 0.1) is 11.7 Å². The fourth-order valence-electron chi connectivity index (χ4n) is 3.20. The number of nitrogens with zero attached hydrogens (tertiary/aromatic N) is 2. The molecular weight excluding hydrogens is 488 g/mol. The second-order valence-corrected chi connectivity index (χ2v) is 6.97. The van der Waals surface area contributed by atoms with Crippen LogP contribution >= 0.6 is 24.0 Å². The first-order valence-corrected chi connectivity index (χ1v) is 9.79. The third-order valence-electron chi connectivity index (χ3n) is 4.80. The van der Waals surface area contributed by atoms with Crippen LogP contribution in [0.5, 0.6) is 0 Å². The van der Waals surface area contributed by atoms with Gasteiger partial charge < -0.3 is 21.3 Å². The lowest BCUT2D eigenvalue weighted by Gasteiger charge is -2.19. The van der Waals surface area contributed by atoms with Crippen LogP contribution in [-0.4, -0.2) is 54.9 Å². The fraction of sp³-hybridized carbons (Fsp3) is 0.550. The highest BCUT2D eigenvalue weighted by Gasteiger charge is 2.26. The van der Waals surface area contributed by atoms with Gasteiger partial charge in [-0.1, -0.05) is 19.1 Å². The van der Waals surface area contributed by atoms with E-state index in [1.807, 2.05) is 18.7 Å². The molecule has 162 valence electrons. The minimum atomic E-state index is -0.484. The van der Waals surface area contributed by atoms with Gasteiger partial charge in [0.2, 0.25) is 11.8 Å². The lowest BCUT2D eigenvalue weighted by Crippen LogP contribution is -2.45. The summed E-state index contributed by atoms with van der Waals surface area (Å²) in [4.78, 5) is 30.0. The quantitative estimate of drug-likeness (QED) is 0.276. The van der Waals surface area contributed by atoms with E-state index >= 15 is 0 Å². The number of halogens is 2. The van der Waals surface area contributed by atoms with Crippen LogP contribution in [0.25, 0.3) is 0 Å². The van der Waals surface area contributed by atoms with E-state index in [-0.39, 0.29) is 48.3 Å². The van der Waals surface area contributed by atoms with Crippen molar-refractivity contribution in [3.63, 3.8) is 0 Å². The van der Waals surface area contributed by atoms with Crippen molar-refractivity contribution in [1.82, 2.24) is 15.5 Å². The summed E-state index contributed by atoms with van der Waals surface area (Å²) in [6.07, 6.45) is 1.76. The number of nitrogens with one attached hydrogen (secondary N) is 2. The van der Waals surface area contributed by atoms with Gasteiger partial charge in [-0.05, 0) is 37.5 Å². The zero-order valence-electron chi connectivity index (χ0n) is 17.0. The summed E-state index contributed by atoms with van der Waals surface area (Å²) in [6, 6.07) is 6.15. The Morgan fingerprint density at radius 3 is 2.59 bits per heavy atom. The van der Waals surface area contributed by atoms with Gasteiger partial charge in [-0.15, -0.1) is 24.0 Å². The molecule has 4 N–H and O–H groups in total. The maximum Gasteiger partial charge on any atom is 0.222 e. The molecule has 0 aliphatic carbocycles. The average Bonchev–Trinajstić information content (AvgIpc) is 3.14. The number of rotatable bonds is 8. The molecule has 2 atom stereocenters. The molecular formula is C20H31FIN5O2. The van der Waals surface area contributed by atoms with Gasteiger partial charge in [-0.2, -0.15) is 0 Å². The fourth-order valence-corrected chi connectivity index (χ4v) is 3.20. The Morgan fingerprint density at radius 1 is 1.31 bits per heavy atom. The van der Waals surface area contributed by atoms with E-state index in [0.29, 0.717) is 31.9 Å². The molecule has 2 rings (SSSR count). The average molecular weight is 519 g/mol. The molecule has 0 spiro atoms. The minimum absolute atomic E-state index is 0. The highest BCUT2D eigenvalue weighted by Crippen LogP contribution is 2.12. The summed E-state index contributed by atoms with van der Waals surface area (Å²) in [5.41, 5.74) is 6.37. The van der Waals surface area contributed by atoms with Crippen molar-refractivity contribution >= 4 is 41.8 Å². The Morgan fingerprint density at radius 2 is 2.00 bits per heavy atom. The zero-order valence-corrected chi connectivity index (χ0v) is 19.3. The van der Waals surface area contributed by atoms with E-state index in [4.69, 9.17) is 5.73 Å². The molecule has 2 unspecified atom stereocenters. The number of primary amides is 1. The van der Waals surface area contributed by atoms with Crippen LogP contribution in [-0.2, 0) is 16.0 Å². The van der Waals surface area contributed by atoms with Crippen LogP contribution in [0.2, 0.25) is 0 Å². The van der Waals surface area contributed by atoms with E-state index < -0.39 is 11.8 Å². The van der Waals surface area contributed by atoms with Crippen molar-refractivity contribution in [3.05, 3.63) is 35.6 Å². The van der Waals surface area contributed by atoms with Gasteiger partial charge in [0.05, 0.1) is 12.5 Å². The van der Waals surface area contributed by atoms with Crippen molar-refractivity contribution < 1.29 is 14.0 Å². The molecule has 1 saturated heterocycles. The number of hydrogen-bond donors (Lipinski definition) is 3. The standard InChI is InChI=1S/C20H30FN5O2.HI/c1-3-18(27)26-10-9-17(13-26)25-20(23-4-2)24-12-15(19(22)28)11-14-5-7-16(21)8-6-14;/h5-8,15,17H,3-4,9-13H2,1-2H3,(H2,22,28)(H2,23,24,25);1H. The van der Waals surface area contributed by atoms with Gasteiger partial charge in [0.15, 0.2) is 5.96 Å². The minimum Gasteiger partial charge on any atom is -0.369 e. The van der Waals surface area contributed by atoms with E-state index in [1.165, 1.54) is 12.1 Å². The lowest BCUT2D eigenvalue weighted by atomic mass is 9.99.